The summed E-state index contributed by atoms with van der Waals surface area (Å²) in [5, 5.41) is 3.40. The third-order valence-corrected chi connectivity index (χ3v) is 4.15. The molecular formula is C16H26BrFN2. The first-order valence-corrected chi connectivity index (χ1v) is 8.25. The highest BCUT2D eigenvalue weighted by atomic mass is 79.9. The molecule has 1 aromatic rings. The summed E-state index contributed by atoms with van der Waals surface area (Å²) in [7, 11) is 0. The Hall–Kier alpha value is -0.450. The lowest BCUT2D eigenvalue weighted by atomic mass is 10.1. The zero-order chi connectivity index (χ0) is 15.0. The van der Waals surface area contributed by atoms with Crippen LogP contribution in [0.3, 0.4) is 0 Å². The molecule has 0 saturated heterocycles. The van der Waals surface area contributed by atoms with Crippen LogP contribution >= 0.6 is 15.9 Å². The summed E-state index contributed by atoms with van der Waals surface area (Å²) in [5.74, 6) is -0.143. The SMILES string of the molecule is CCN(CC)CCCC(C)NCc1cc(Br)ccc1F. The van der Waals surface area contributed by atoms with Crippen molar-refractivity contribution < 1.29 is 4.39 Å². The third kappa shape index (κ3) is 6.33. The maximum absolute atomic E-state index is 13.6. The molecular weight excluding hydrogens is 319 g/mol. The van der Waals surface area contributed by atoms with Crippen LogP contribution in [0.1, 0.15) is 39.2 Å². The summed E-state index contributed by atoms with van der Waals surface area (Å²) in [6.45, 7) is 10.5. The summed E-state index contributed by atoms with van der Waals surface area (Å²) in [4.78, 5) is 2.43. The molecule has 0 aliphatic heterocycles. The number of benzene rings is 1. The summed E-state index contributed by atoms with van der Waals surface area (Å²) in [5.41, 5.74) is 0.718. The van der Waals surface area contributed by atoms with Gasteiger partial charge in [0.1, 0.15) is 5.82 Å². The quantitative estimate of drug-likeness (QED) is 0.722. The number of halogens is 2. The minimum Gasteiger partial charge on any atom is -0.310 e. The average Bonchev–Trinajstić information content (AvgIpc) is 2.44. The minimum atomic E-state index is -0.143. The Morgan fingerprint density at radius 1 is 1.30 bits per heavy atom. The van der Waals surface area contributed by atoms with Gasteiger partial charge >= 0.3 is 0 Å². The van der Waals surface area contributed by atoms with E-state index < -0.39 is 0 Å². The lowest BCUT2D eigenvalue weighted by Gasteiger charge is -2.20. The minimum absolute atomic E-state index is 0.143. The van der Waals surface area contributed by atoms with E-state index >= 15 is 0 Å². The molecule has 20 heavy (non-hydrogen) atoms. The monoisotopic (exact) mass is 344 g/mol. The summed E-state index contributed by atoms with van der Waals surface area (Å²) in [6.07, 6.45) is 2.29. The second-order valence-corrected chi connectivity index (χ2v) is 6.10. The molecule has 0 spiro atoms. The average molecular weight is 345 g/mol. The fraction of sp³-hybridized carbons (Fsp3) is 0.625. The van der Waals surface area contributed by atoms with Crippen LogP contribution in [0.5, 0.6) is 0 Å². The fourth-order valence-electron chi connectivity index (χ4n) is 2.23. The van der Waals surface area contributed by atoms with E-state index in [0.717, 1.165) is 36.1 Å². The van der Waals surface area contributed by atoms with Crippen LogP contribution in [0.15, 0.2) is 22.7 Å². The Bertz CT molecular complexity index is 394. The van der Waals surface area contributed by atoms with Crippen molar-refractivity contribution in [3.63, 3.8) is 0 Å². The van der Waals surface area contributed by atoms with Gasteiger partial charge in [-0.3, -0.25) is 0 Å². The first-order valence-electron chi connectivity index (χ1n) is 7.46. The van der Waals surface area contributed by atoms with Gasteiger partial charge in [0.2, 0.25) is 0 Å². The van der Waals surface area contributed by atoms with Crippen molar-refractivity contribution in [2.75, 3.05) is 19.6 Å². The zero-order valence-corrected chi connectivity index (χ0v) is 14.3. The van der Waals surface area contributed by atoms with Gasteiger partial charge < -0.3 is 10.2 Å². The number of hydrogen-bond donors (Lipinski definition) is 1. The molecule has 0 radical (unpaired) electrons. The van der Waals surface area contributed by atoms with Crippen LogP contribution in [0, 0.1) is 5.82 Å². The first kappa shape index (κ1) is 17.6. The van der Waals surface area contributed by atoms with Gasteiger partial charge in [0, 0.05) is 22.6 Å². The molecule has 2 nitrogen and oxygen atoms in total. The van der Waals surface area contributed by atoms with Crippen molar-refractivity contribution in [3.8, 4) is 0 Å². The molecule has 0 amide bonds. The summed E-state index contributed by atoms with van der Waals surface area (Å²) in [6, 6.07) is 5.48. The molecule has 114 valence electrons. The van der Waals surface area contributed by atoms with E-state index in [1.165, 1.54) is 12.5 Å². The molecule has 1 N–H and O–H groups in total. The second kappa shape index (κ2) is 9.48. The number of hydrogen-bond acceptors (Lipinski definition) is 2. The highest BCUT2D eigenvalue weighted by molar-refractivity contribution is 9.10. The van der Waals surface area contributed by atoms with E-state index in [9.17, 15) is 4.39 Å². The highest BCUT2D eigenvalue weighted by Gasteiger charge is 2.07. The molecule has 1 atom stereocenters. The molecule has 1 rings (SSSR count). The van der Waals surface area contributed by atoms with Gasteiger partial charge in [-0.1, -0.05) is 29.8 Å². The van der Waals surface area contributed by atoms with Crippen LogP contribution in [0.25, 0.3) is 0 Å². The molecule has 1 unspecified atom stereocenters. The van der Waals surface area contributed by atoms with Gasteiger partial charge in [0.05, 0.1) is 0 Å². The standard InChI is InChI=1S/C16H26BrFN2/c1-4-20(5-2)10-6-7-13(3)19-12-14-11-15(17)8-9-16(14)18/h8-9,11,13,19H,4-7,10,12H2,1-3H3. The van der Waals surface area contributed by atoms with Crippen LogP contribution < -0.4 is 5.32 Å². The van der Waals surface area contributed by atoms with E-state index in [1.54, 1.807) is 6.07 Å². The highest BCUT2D eigenvalue weighted by Crippen LogP contribution is 2.15. The van der Waals surface area contributed by atoms with Crippen molar-refractivity contribution in [1.82, 2.24) is 10.2 Å². The third-order valence-electron chi connectivity index (χ3n) is 3.65. The van der Waals surface area contributed by atoms with E-state index in [-0.39, 0.29) is 5.82 Å². The Morgan fingerprint density at radius 2 is 2.00 bits per heavy atom. The van der Waals surface area contributed by atoms with E-state index in [1.807, 2.05) is 6.07 Å². The van der Waals surface area contributed by atoms with Crippen LogP contribution in [-0.4, -0.2) is 30.6 Å². The Labute approximate surface area is 130 Å². The molecule has 0 fully saturated rings. The van der Waals surface area contributed by atoms with Gasteiger partial charge in [-0.05, 0) is 57.6 Å². The van der Waals surface area contributed by atoms with Crippen LogP contribution in [0.2, 0.25) is 0 Å². The topological polar surface area (TPSA) is 15.3 Å². The zero-order valence-electron chi connectivity index (χ0n) is 12.8. The molecule has 0 aromatic heterocycles. The van der Waals surface area contributed by atoms with Crippen LogP contribution in [-0.2, 0) is 6.54 Å². The van der Waals surface area contributed by atoms with Crippen molar-refractivity contribution >= 4 is 15.9 Å². The molecule has 0 heterocycles. The van der Waals surface area contributed by atoms with E-state index in [0.29, 0.717) is 12.6 Å². The van der Waals surface area contributed by atoms with Gasteiger partial charge in [0.15, 0.2) is 0 Å². The van der Waals surface area contributed by atoms with Gasteiger partial charge in [-0.15, -0.1) is 0 Å². The maximum Gasteiger partial charge on any atom is 0.127 e. The fourth-order valence-corrected chi connectivity index (χ4v) is 2.63. The number of nitrogens with one attached hydrogen (secondary N) is 1. The second-order valence-electron chi connectivity index (χ2n) is 5.19. The van der Waals surface area contributed by atoms with E-state index in [2.05, 4.69) is 46.9 Å². The Kier molecular flexibility index (Phi) is 8.34. The normalized spacial score (nSPS) is 12.9. The number of rotatable bonds is 9. The molecule has 0 aliphatic rings. The molecule has 0 aliphatic carbocycles. The summed E-state index contributed by atoms with van der Waals surface area (Å²) < 4.78 is 14.5. The van der Waals surface area contributed by atoms with Gasteiger partial charge in [-0.25, -0.2) is 4.39 Å². The largest absolute Gasteiger partial charge is 0.310 e. The smallest absolute Gasteiger partial charge is 0.127 e. The van der Waals surface area contributed by atoms with Crippen LogP contribution in [0.4, 0.5) is 4.39 Å². The predicted molar refractivity (Wildman–Crippen MR) is 87.4 cm³/mol. The molecule has 0 saturated carbocycles. The lowest BCUT2D eigenvalue weighted by Crippen LogP contribution is -2.29. The Balaban J connectivity index is 2.29. The van der Waals surface area contributed by atoms with Gasteiger partial charge in [-0.2, -0.15) is 0 Å². The molecule has 1 aromatic carbocycles. The van der Waals surface area contributed by atoms with Gasteiger partial charge in [0.25, 0.3) is 0 Å². The lowest BCUT2D eigenvalue weighted by molar-refractivity contribution is 0.290. The first-order chi connectivity index (χ1) is 9.56. The Morgan fingerprint density at radius 3 is 2.65 bits per heavy atom. The number of nitrogens with zero attached hydrogens (tertiary/aromatic N) is 1. The molecule has 4 heteroatoms. The maximum atomic E-state index is 13.6. The summed E-state index contributed by atoms with van der Waals surface area (Å²) >= 11 is 3.38. The van der Waals surface area contributed by atoms with Crippen molar-refractivity contribution in [3.05, 3.63) is 34.1 Å². The van der Waals surface area contributed by atoms with Crippen molar-refractivity contribution in [2.24, 2.45) is 0 Å². The van der Waals surface area contributed by atoms with Crippen molar-refractivity contribution in [2.45, 2.75) is 46.2 Å². The van der Waals surface area contributed by atoms with E-state index in [4.69, 9.17) is 0 Å². The molecule has 0 bridgehead atoms. The predicted octanol–water partition coefficient (Wildman–Crippen LogP) is 4.19. The van der Waals surface area contributed by atoms with Crippen molar-refractivity contribution in [1.29, 1.82) is 0 Å².